The SMILES string of the molecule is CCCCCCCCC(CCC(S)CC)C(OC)OC. The fourth-order valence-electron chi connectivity index (χ4n) is 2.70. The minimum absolute atomic E-state index is 0.0527. The molecule has 0 saturated carbocycles. The molecule has 0 aromatic carbocycles. The van der Waals surface area contributed by atoms with Gasteiger partial charge in [0.2, 0.25) is 0 Å². The molecule has 0 N–H and O–H groups in total. The number of rotatable bonds is 14. The Kier molecular flexibility index (Phi) is 14.4. The Morgan fingerprint density at radius 1 is 0.800 bits per heavy atom. The third-order valence-electron chi connectivity index (χ3n) is 4.12. The third-order valence-corrected chi connectivity index (χ3v) is 4.74. The molecule has 122 valence electrons. The lowest BCUT2D eigenvalue weighted by molar-refractivity contribution is -0.140. The maximum atomic E-state index is 5.48. The van der Waals surface area contributed by atoms with Gasteiger partial charge in [0, 0.05) is 25.4 Å². The zero-order valence-corrected chi connectivity index (χ0v) is 15.0. The van der Waals surface area contributed by atoms with Crippen molar-refractivity contribution in [2.24, 2.45) is 5.92 Å². The molecule has 0 saturated heterocycles. The van der Waals surface area contributed by atoms with E-state index in [1.165, 1.54) is 44.9 Å². The molecule has 0 aromatic rings. The van der Waals surface area contributed by atoms with Gasteiger partial charge in [0.05, 0.1) is 0 Å². The van der Waals surface area contributed by atoms with Gasteiger partial charge in [0.25, 0.3) is 0 Å². The molecule has 0 amide bonds. The largest absolute Gasteiger partial charge is 0.356 e. The van der Waals surface area contributed by atoms with E-state index < -0.39 is 0 Å². The van der Waals surface area contributed by atoms with Gasteiger partial charge >= 0.3 is 0 Å². The van der Waals surface area contributed by atoms with Crippen molar-refractivity contribution in [1.82, 2.24) is 0 Å². The van der Waals surface area contributed by atoms with Gasteiger partial charge in [-0.1, -0.05) is 52.4 Å². The quantitative estimate of drug-likeness (QED) is 0.261. The number of unbranched alkanes of at least 4 members (excludes halogenated alkanes) is 5. The van der Waals surface area contributed by atoms with E-state index in [9.17, 15) is 0 Å². The van der Waals surface area contributed by atoms with Crippen molar-refractivity contribution in [3.63, 3.8) is 0 Å². The highest BCUT2D eigenvalue weighted by Gasteiger charge is 2.21. The van der Waals surface area contributed by atoms with Crippen LogP contribution in [0, 0.1) is 5.92 Å². The second-order valence-electron chi connectivity index (χ2n) is 5.80. The van der Waals surface area contributed by atoms with Crippen LogP contribution in [0.25, 0.3) is 0 Å². The summed E-state index contributed by atoms with van der Waals surface area (Å²) in [5.74, 6) is 0.511. The van der Waals surface area contributed by atoms with Crippen LogP contribution < -0.4 is 0 Å². The van der Waals surface area contributed by atoms with Crippen molar-refractivity contribution in [2.75, 3.05) is 14.2 Å². The van der Waals surface area contributed by atoms with E-state index in [1.54, 1.807) is 14.2 Å². The standard InChI is InChI=1S/C17H36O2S/c1-5-7-8-9-10-11-12-15(17(18-3)19-4)13-14-16(20)6-2/h15-17,20H,5-14H2,1-4H3. The summed E-state index contributed by atoms with van der Waals surface area (Å²) in [6.45, 7) is 4.46. The molecule has 0 aliphatic heterocycles. The molecule has 0 aliphatic rings. The molecule has 2 atom stereocenters. The first kappa shape index (κ1) is 20.3. The molecule has 0 fully saturated rings. The molecule has 0 aromatic heterocycles. The molecular formula is C17H36O2S. The Morgan fingerprint density at radius 2 is 1.40 bits per heavy atom. The Bertz CT molecular complexity index is 195. The monoisotopic (exact) mass is 304 g/mol. The van der Waals surface area contributed by atoms with E-state index in [2.05, 4.69) is 26.5 Å². The first-order valence-corrected chi connectivity index (χ1v) is 8.94. The fourth-order valence-corrected chi connectivity index (χ4v) is 2.84. The second-order valence-corrected chi connectivity index (χ2v) is 6.53. The van der Waals surface area contributed by atoms with E-state index in [1.807, 2.05) is 0 Å². The smallest absolute Gasteiger partial charge is 0.159 e. The summed E-state index contributed by atoms with van der Waals surface area (Å²) in [6.07, 6.45) is 12.7. The number of hydrogen-bond donors (Lipinski definition) is 1. The van der Waals surface area contributed by atoms with Crippen molar-refractivity contribution in [2.45, 2.75) is 89.6 Å². The number of methoxy groups -OCH3 is 2. The minimum Gasteiger partial charge on any atom is -0.356 e. The summed E-state index contributed by atoms with van der Waals surface area (Å²) in [6, 6.07) is 0. The molecule has 0 aliphatic carbocycles. The maximum absolute atomic E-state index is 5.48. The summed E-state index contributed by atoms with van der Waals surface area (Å²) in [5, 5.41) is 0.511. The van der Waals surface area contributed by atoms with Gasteiger partial charge in [-0.2, -0.15) is 12.6 Å². The highest BCUT2D eigenvalue weighted by Crippen LogP contribution is 2.25. The van der Waals surface area contributed by atoms with Gasteiger partial charge in [-0.3, -0.25) is 0 Å². The van der Waals surface area contributed by atoms with Crippen LogP contribution in [0.4, 0.5) is 0 Å². The van der Waals surface area contributed by atoms with Gasteiger partial charge in [-0.15, -0.1) is 0 Å². The van der Waals surface area contributed by atoms with Crippen LogP contribution in [0.5, 0.6) is 0 Å². The summed E-state index contributed by atoms with van der Waals surface area (Å²) in [4.78, 5) is 0. The van der Waals surface area contributed by atoms with E-state index in [4.69, 9.17) is 9.47 Å². The van der Waals surface area contributed by atoms with E-state index in [-0.39, 0.29) is 6.29 Å². The average molecular weight is 305 g/mol. The fraction of sp³-hybridized carbons (Fsp3) is 1.00. The predicted octanol–water partition coefficient (Wildman–Crippen LogP) is 5.46. The summed E-state index contributed by atoms with van der Waals surface area (Å²) in [7, 11) is 3.50. The molecule has 2 unspecified atom stereocenters. The van der Waals surface area contributed by atoms with Crippen LogP contribution in [-0.2, 0) is 9.47 Å². The highest BCUT2D eigenvalue weighted by atomic mass is 32.1. The number of thiol groups is 1. The maximum Gasteiger partial charge on any atom is 0.159 e. The molecule has 2 nitrogen and oxygen atoms in total. The van der Waals surface area contributed by atoms with Crippen molar-refractivity contribution in [1.29, 1.82) is 0 Å². The molecule has 0 spiro atoms. The van der Waals surface area contributed by atoms with Crippen molar-refractivity contribution >= 4 is 12.6 Å². The minimum atomic E-state index is -0.0527. The van der Waals surface area contributed by atoms with Gasteiger partial charge in [-0.05, 0) is 25.7 Å². The van der Waals surface area contributed by atoms with E-state index in [0.29, 0.717) is 11.2 Å². The van der Waals surface area contributed by atoms with Crippen LogP contribution in [0.2, 0.25) is 0 Å². The first-order chi connectivity index (χ1) is 9.69. The third kappa shape index (κ3) is 10.1. The van der Waals surface area contributed by atoms with Crippen LogP contribution in [0.1, 0.15) is 78.1 Å². The van der Waals surface area contributed by atoms with Gasteiger partial charge in [0.1, 0.15) is 0 Å². The average Bonchev–Trinajstić information content (AvgIpc) is 2.48. The van der Waals surface area contributed by atoms with Gasteiger partial charge in [-0.25, -0.2) is 0 Å². The lowest BCUT2D eigenvalue weighted by atomic mass is 9.93. The summed E-state index contributed by atoms with van der Waals surface area (Å²) < 4.78 is 11.0. The molecule has 3 heteroatoms. The van der Waals surface area contributed by atoms with Crippen molar-refractivity contribution in [3.8, 4) is 0 Å². The molecule has 0 bridgehead atoms. The Hall–Kier alpha value is 0.270. The van der Waals surface area contributed by atoms with Crippen LogP contribution >= 0.6 is 12.6 Å². The van der Waals surface area contributed by atoms with Crippen LogP contribution in [0.15, 0.2) is 0 Å². The molecule has 20 heavy (non-hydrogen) atoms. The van der Waals surface area contributed by atoms with Crippen LogP contribution in [0.3, 0.4) is 0 Å². The Balaban J connectivity index is 3.98. The van der Waals surface area contributed by atoms with Crippen molar-refractivity contribution < 1.29 is 9.47 Å². The number of hydrogen-bond acceptors (Lipinski definition) is 3. The summed E-state index contributed by atoms with van der Waals surface area (Å²) in [5.41, 5.74) is 0. The van der Waals surface area contributed by atoms with Gasteiger partial charge < -0.3 is 9.47 Å². The molecular weight excluding hydrogens is 268 g/mol. The highest BCUT2D eigenvalue weighted by molar-refractivity contribution is 7.80. The van der Waals surface area contributed by atoms with Crippen LogP contribution in [-0.4, -0.2) is 25.8 Å². The zero-order chi connectivity index (χ0) is 15.2. The zero-order valence-electron chi connectivity index (χ0n) is 14.1. The lowest BCUT2D eigenvalue weighted by Gasteiger charge is -2.25. The molecule has 0 heterocycles. The van der Waals surface area contributed by atoms with E-state index in [0.717, 1.165) is 19.3 Å². The Labute approximate surface area is 132 Å². The van der Waals surface area contributed by atoms with Crippen molar-refractivity contribution in [3.05, 3.63) is 0 Å². The summed E-state index contributed by atoms with van der Waals surface area (Å²) >= 11 is 4.60. The van der Waals surface area contributed by atoms with E-state index >= 15 is 0 Å². The predicted molar refractivity (Wildman–Crippen MR) is 91.6 cm³/mol. The topological polar surface area (TPSA) is 18.5 Å². The Morgan fingerprint density at radius 3 is 1.95 bits per heavy atom. The molecule has 0 rings (SSSR count). The molecule has 0 radical (unpaired) electrons. The lowest BCUT2D eigenvalue weighted by Crippen LogP contribution is -2.25. The number of ether oxygens (including phenoxy) is 2. The van der Waals surface area contributed by atoms with Gasteiger partial charge in [0.15, 0.2) is 6.29 Å². The second kappa shape index (κ2) is 14.2. The normalized spacial score (nSPS) is 14.7. The first-order valence-electron chi connectivity index (χ1n) is 8.43.